The number of alkyl halides is 1. The number of carbonyl (C=O) groups is 3. The van der Waals surface area contributed by atoms with Gasteiger partial charge in [-0.15, -0.1) is 9.24 Å². The van der Waals surface area contributed by atoms with E-state index in [2.05, 4.69) is 19.5 Å². The molecule has 0 radical (unpaired) electrons. The summed E-state index contributed by atoms with van der Waals surface area (Å²) in [4.78, 5) is 45.7. The highest BCUT2D eigenvalue weighted by Crippen LogP contribution is 2.47. The molecule has 242 valence electrons. The first-order valence-corrected chi connectivity index (χ1v) is 18.1. The van der Waals surface area contributed by atoms with Crippen LogP contribution in [0.4, 0.5) is 10.1 Å². The predicted octanol–water partition coefficient (Wildman–Crippen LogP) is 4.95. The number of halogens is 1. The third-order valence-electron chi connectivity index (χ3n) is 8.49. The van der Waals surface area contributed by atoms with Crippen LogP contribution >= 0.6 is 30.2 Å². The molecule has 0 aliphatic heterocycles. The molecule has 2 bridgehead atoms. The van der Waals surface area contributed by atoms with Crippen molar-refractivity contribution < 1.29 is 31.9 Å². The minimum atomic E-state index is -4.32. The molecule has 5 rings (SSSR count). The highest BCUT2D eigenvalue weighted by atomic mass is 32.2. The van der Waals surface area contributed by atoms with Gasteiger partial charge in [0.25, 0.3) is 5.91 Å². The number of anilines is 1. The summed E-state index contributed by atoms with van der Waals surface area (Å²) in [5.41, 5.74) is 2.20. The number of rotatable bonds is 9. The molecule has 46 heavy (non-hydrogen) atoms. The number of benzene rings is 2. The molecule has 1 saturated carbocycles. The van der Waals surface area contributed by atoms with Gasteiger partial charge in [0.15, 0.2) is 0 Å². The van der Waals surface area contributed by atoms with E-state index in [-0.39, 0.29) is 44.9 Å². The van der Waals surface area contributed by atoms with Gasteiger partial charge in [-0.1, -0.05) is 39.2 Å². The van der Waals surface area contributed by atoms with Crippen LogP contribution in [0.5, 0.6) is 5.75 Å². The molecule has 7 atom stereocenters. The molecule has 0 saturated heterocycles. The number of fused-ring (bicyclic) bond motifs is 2. The molecule has 2 aliphatic carbocycles. The zero-order valence-electron chi connectivity index (χ0n) is 25.6. The zero-order valence-corrected chi connectivity index (χ0v) is 29.5. The molecule has 2 amide bonds. The first-order valence-electron chi connectivity index (χ1n) is 14.3. The van der Waals surface area contributed by atoms with Crippen molar-refractivity contribution in [1.29, 1.82) is 0 Å². The number of carbonyl (C=O) groups excluding carboxylic acids is 3. The van der Waals surface area contributed by atoms with Crippen LogP contribution in [0.15, 0.2) is 71.8 Å². The van der Waals surface area contributed by atoms with Gasteiger partial charge in [-0.05, 0) is 90.3 Å². The monoisotopic (exact) mass is 701 g/mol. The van der Waals surface area contributed by atoms with Crippen molar-refractivity contribution in [2.24, 2.45) is 17.8 Å². The Balaban J connectivity index is 1.45. The largest absolute Gasteiger partial charge is 0.496 e. The Morgan fingerprint density at radius 2 is 1.85 bits per heavy atom. The van der Waals surface area contributed by atoms with Gasteiger partial charge in [0.2, 0.25) is 25.6 Å². The maximum absolute atomic E-state index is 14.4. The molecule has 0 spiro atoms. The van der Waals surface area contributed by atoms with E-state index < -0.39 is 26.5 Å². The van der Waals surface area contributed by atoms with Crippen LogP contribution in [0.3, 0.4) is 0 Å². The van der Waals surface area contributed by atoms with E-state index in [9.17, 15) is 27.2 Å². The number of nitrogens with one attached hydrogen (secondary N) is 1. The quantitative estimate of drug-likeness (QED) is 0.246. The second-order valence-corrected chi connectivity index (χ2v) is 16.6. The van der Waals surface area contributed by atoms with Gasteiger partial charge in [-0.3, -0.25) is 19.4 Å². The average Bonchev–Trinajstić information content (AvgIpc) is 3.65. The molecule has 9 nitrogen and oxygen atoms in total. The average molecular weight is 702 g/mol. The summed E-state index contributed by atoms with van der Waals surface area (Å²) in [5, 5.41) is 3.39. The number of methoxy groups -OCH3 is 1. The predicted molar refractivity (Wildman–Crippen MR) is 185 cm³/mol. The Bertz CT molecular complexity index is 1860. The minimum Gasteiger partial charge on any atom is -0.496 e. The summed E-state index contributed by atoms with van der Waals surface area (Å²) in [6, 6.07) is 11.9. The molecule has 3 aromatic rings. The van der Waals surface area contributed by atoms with E-state index in [1.165, 1.54) is 31.4 Å². The van der Waals surface area contributed by atoms with Crippen molar-refractivity contribution in [2.75, 3.05) is 25.7 Å². The van der Waals surface area contributed by atoms with Crippen LogP contribution in [0, 0.1) is 17.8 Å². The number of ether oxygens (including phenoxy) is 1. The van der Waals surface area contributed by atoms with Crippen molar-refractivity contribution in [3.8, 4) is 16.9 Å². The smallest absolute Gasteiger partial charge is 0.257 e. The first-order chi connectivity index (χ1) is 21.7. The van der Waals surface area contributed by atoms with E-state index in [0.717, 1.165) is 24.0 Å². The van der Waals surface area contributed by atoms with Gasteiger partial charge < -0.3 is 15.0 Å². The lowest BCUT2D eigenvalue weighted by atomic mass is 9.86. The summed E-state index contributed by atoms with van der Waals surface area (Å²) < 4.78 is 42.8. The molecule has 1 N–H and O–H groups in total. The molecule has 1 aromatic heterocycles. The lowest BCUT2D eigenvalue weighted by Gasteiger charge is -2.35. The lowest BCUT2D eigenvalue weighted by molar-refractivity contribution is -0.122. The Kier molecular flexibility index (Phi) is 9.77. The van der Waals surface area contributed by atoms with Crippen LogP contribution < -0.4 is 15.4 Å². The minimum absolute atomic E-state index is 0.0717. The molecule has 1 heterocycles. The number of pyridine rings is 1. The second-order valence-electron chi connectivity index (χ2n) is 11.4. The van der Waals surface area contributed by atoms with Crippen molar-refractivity contribution in [3.05, 3.63) is 78.1 Å². The maximum atomic E-state index is 14.4. The zero-order chi connectivity index (χ0) is 33.6. The van der Waals surface area contributed by atoms with Gasteiger partial charge in [0, 0.05) is 18.9 Å². The summed E-state index contributed by atoms with van der Waals surface area (Å²) in [7, 11) is 3.13. The Labute approximate surface area is 276 Å². The van der Waals surface area contributed by atoms with Crippen molar-refractivity contribution in [3.63, 3.8) is 0 Å². The lowest BCUT2D eigenvalue weighted by Crippen LogP contribution is -2.48. The standard InChI is InChI=1S/C32H34FN3O6P2S2/c1-32(33,44)46(40,41)21-7-5-6-20(14-21)35-29(37)27-18-8-9-19(12-18)28(27)36(2)30(38)23-15-22(26(43)16-25(23)42-3)17-10-11-34-24(13-17)31(39)45-4/h5-11,13-16,18-19,27-28H,12,43-44H2,1-4H3,(H,35,37)/t18-,19-,27-,28+,32?/m0/s1. The van der Waals surface area contributed by atoms with Crippen molar-refractivity contribution >= 4 is 68.0 Å². The highest BCUT2D eigenvalue weighted by Gasteiger charge is 2.51. The Morgan fingerprint density at radius 1 is 1.13 bits per heavy atom. The number of allylic oxidation sites excluding steroid dienone is 1. The van der Waals surface area contributed by atoms with Crippen LogP contribution in [-0.4, -0.2) is 66.4 Å². The van der Waals surface area contributed by atoms with Gasteiger partial charge in [-0.25, -0.2) is 12.8 Å². The van der Waals surface area contributed by atoms with E-state index >= 15 is 0 Å². The number of thioether (sulfide) groups is 1. The van der Waals surface area contributed by atoms with Crippen molar-refractivity contribution in [2.45, 2.75) is 29.0 Å². The summed E-state index contributed by atoms with van der Waals surface area (Å²) in [6.45, 7) is 0.934. The Morgan fingerprint density at radius 3 is 2.52 bits per heavy atom. The summed E-state index contributed by atoms with van der Waals surface area (Å²) >= 11 is 1.06. The van der Waals surface area contributed by atoms with Gasteiger partial charge >= 0.3 is 0 Å². The van der Waals surface area contributed by atoms with Crippen LogP contribution in [0.1, 0.15) is 34.2 Å². The maximum Gasteiger partial charge on any atom is 0.257 e. The van der Waals surface area contributed by atoms with Crippen molar-refractivity contribution in [1.82, 2.24) is 9.88 Å². The molecule has 14 heteroatoms. The SMILES string of the molecule is COc1cc(P)c(-c2ccnc(C(=O)SC)c2)cc1C(=O)N(C)[C@H]1[C@@H](C(=O)Nc2cccc(S(=O)(=O)C(C)(F)P)c2)[C@H]2C=C[C@H]1C2. The fraction of sp³-hybridized carbons (Fsp3) is 0.312. The van der Waals surface area contributed by atoms with E-state index in [0.29, 0.717) is 29.0 Å². The number of hydrogen-bond donors (Lipinski definition) is 1. The number of amides is 2. The van der Waals surface area contributed by atoms with Crippen LogP contribution in [0.2, 0.25) is 0 Å². The fourth-order valence-electron chi connectivity index (χ4n) is 6.19. The van der Waals surface area contributed by atoms with E-state index in [1.54, 1.807) is 57.9 Å². The normalized spacial score (nSPS) is 21.5. The van der Waals surface area contributed by atoms with Gasteiger partial charge in [0.05, 0.1) is 29.5 Å². The first kappa shape index (κ1) is 34.2. The van der Waals surface area contributed by atoms with E-state index in [1.807, 2.05) is 12.2 Å². The summed E-state index contributed by atoms with van der Waals surface area (Å²) in [6.07, 6.45) is 7.91. The molecule has 3 unspecified atom stereocenters. The van der Waals surface area contributed by atoms with E-state index in [4.69, 9.17) is 4.74 Å². The topological polar surface area (TPSA) is 123 Å². The van der Waals surface area contributed by atoms with Gasteiger partial charge in [0.1, 0.15) is 11.4 Å². The molecule has 2 aliphatic rings. The Hall–Kier alpha value is -3.17. The molecular formula is C32H34FN3O6P2S2. The third kappa shape index (κ3) is 6.37. The number of sulfone groups is 1. The van der Waals surface area contributed by atoms with Crippen LogP contribution in [-0.2, 0) is 14.6 Å². The molecular weight excluding hydrogens is 667 g/mol. The number of hydrogen-bond acceptors (Lipinski definition) is 8. The fourth-order valence-corrected chi connectivity index (χ4v) is 8.32. The van der Waals surface area contributed by atoms with Crippen LogP contribution in [0.25, 0.3) is 11.1 Å². The molecule has 1 fully saturated rings. The number of aromatic nitrogens is 1. The third-order valence-corrected chi connectivity index (χ3v) is 12.4. The summed E-state index contributed by atoms with van der Waals surface area (Å²) in [5.74, 6) is -1.19. The number of nitrogens with zero attached hydrogens (tertiary/aromatic N) is 2. The second kappa shape index (κ2) is 13.1. The van der Waals surface area contributed by atoms with Gasteiger partial charge in [-0.2, -0.15) is 0 Å². The molecule has 2 aromatic carbocycles. The highest BCUT2D eigenvalue weighted by molar-refractivity contribution is 8.13.